The molecule has 0 aliphatic heterocycles. The average Bonchev–Trinajstić information content (AvgIpc) is 2.88. The highest BCUT2D eigenvalue weighted by atomic mass is 32.1. The summed E-state index contributed by atoms with van der Waals surface area (Å²) in [5, 5.41) is 5.65. The molecule has 0 saturated heterocycles. The van der Waals surface area contributed by atoms with E-state index in [4.69, 9.17) is 0 Å². The Morgan fingerprint density at radius 1 is 1.44 bits per heavy atom. The molecule has 0 aliphatic carbocycles. The van der Waals surface area contributed by atoms with Gasteiger partial charge in [-0.2, -0.15) is 0 Å². The number of fused-ring (bicyclic) bond motifs is 1. The average molecular weight is 266 g/mol. The van der Waals surface area contributed by atoms with E-state index in [9.17, 15) is 0 Å². The fraction of sp³-hybridized carbons (Fsp3) is 0.615. The summed E-state index contributed by atoms with van der Waals surface area (Å²) in [7, 11) is 2.18. The molecule has 0 bridgehead atoms. The maximum atomic E-state index is 4.29. The minimum Gasteiger partial charge on any atom is -0.313 e. The maximum Gasteiger partial charge on any atom is 0.193 e. The van der Waals surface area contributed by atoms with Crippen molar-refractivity contribution in [1.29, 1.82) is 0 Å². The number of likely N-dealkylation sites (N-methyl/N-ethyl adjacent to an activating group) is 1. The summed E-state index contributed by atoms with van der Waals surface area (Å²) in [6.07, 6.45) is 4.99. The molecule has 0 amide bonds. The highest BCUT2D eigenvalue weighted by Crippen LogP contribution is 2.14. The van der Waals surface area contributed by atoms with Gasteiger partial charge in [0.15, 0.2) is 4.96 Å². The van der Waals surface area contributed by atoms with Crippen molar-refractivity contribution < 1.29 is 0 Å². The molecule has 2 aromatic heterocycles. The van der Waals surface area contributed by atoms with Crippen LogP contribution in [-0.4, -0.2) is 47.0 Å². The molecule has 0 saturated carbocycles. The van der Waals surface area contributed by atoms with Gasteiger partial charge in [0.2, 0.25) is 0 Å². The summed E-state index contributed by atoms with van der Waals surface area (Å²) < 4.78 is 2.19. The minimum absolute atomic E-state index is 0.570. The molecule has 18 heavy (non-hydrogen) atoms. The van der Waals surface area contributed by atoms with E-state index in [0.29, 0.717) is 6.04 Å². The SMILES string of the molecule is CC(C)NCCN(C)CCc1csc2nccn12. The van der Waals surface area contributed by atoms with Gasteiger partial charge in [-0.3, -0.25) is 4.40 Å². The summed E-state index contributed by atoms with van der Waals surface area (Å²) in [6, 6.07) is 0.570. The maximum absolute atomic E-state index is 4.29. The lowest BCUT2D eigenvalue weighted by Crippen LogP contribution is -2.33. The van der Waals surface area contributed by atoms with E-state index in [0.717, 1.165) is 31.0 Å². The van der Waals surface area contributed by atoms with Crippen LogP contribution in [0.4, 0.5) is 0 Å². The van der Waals surface area contributed by atoms with Crippen molar-refractivity contribution in [3.8, 4) is 0 Å². The van der Waals surface area contributed by atoms with E-state index in [2.05, 4.69) is 45.9 Å². The second-order valence-corrected chi connectivity index (χ2v) is 5.81. The smallest absolute Gasteiger partial charge is 0.193 e. The molecule has 0 fully saturated rings. The van der Waals surface area contributed by atoms with Crippen molar-refractivity contribution in [2.75, 3.05) is 26.7 Å². The zero-order valence-electron chi connectivity index (χ0n) is 11.4. The van der Waals surface area contributed by atoms with E-state index in [-0.39, 0.29) is 0 Å². The zero-order valence-corrected chi connectivity index (χ0v) is 12.2. The van der Waals surface area contributed by atoms with E-state index in [1.807, 2.05) is 12.4 Å². The fourth-order valence-electron chi connectivity index (χ4n) is 1.91. The third-order valence-electron chi connectivity index (χ3n) is 3.01. The van der Waals surface area contributed by atoms with Gasteiger partial charge in [-0.15, -0.1) is 11.3 Å². The van der Waals surface area contributed by atoms with Gasteiger partial charge in [0.25, 0.3) is 0 Å². The number of rotatable bonds is 7. The monoisotopic (exact) mass is 266 g/mol. The molecule has 2 rings (SSSR count). The molecule has 100 valence electrons. The zero-order chi connectivity index (χ0) is 13.0. The first-order chi connectivity index (χ1) is 8.66. The summed E-state index contributed by atoms with van der Waals surface area (Å²) in [5.41, 5.74) is 1.36. The number of imidazole rings is 1. The number of aromatic nitrogens is 2. The lowest BCUT2D eigenvalue weighted by molar-refractivity contribution is 0.329. The highest BCUT2D eigenvalue weighted by Gasteiger charge is 2.05. The van der Waals surface area contributed by atoms with Crippen LogP contribution in [0.25, 0.3) is 4.96 Å². The van der Waals surface area contributed by atoms with Gasteiger partial charge in [0, 0.05) is 55.6 Å². The molecule has 1 N–H and O–H groups in total. The predicted molar refractivity (Wildman–Crippen MR) is 77.4 cm³/mol. The van der Waals surface area contributed by atoms with Crippen molar-refractivity contribution in [3.63, 3.8) is 0 Å². The number of hydrogen-bond acceptors (Lipinski definition) is 4. The van der Waals surface area contributed by atoms with Gasteiger partial charge in [0.1, 0.15) is 0 Å². The Kier molecular flexibility index (Phi) is 4.74. The fourth-order valence-corrected chi connectivity index (χ4v) is 2.80. The number of hydrogen-bond donors (Lipinski definition) is 1. The molecule has 0 radical (unpaired) electrons. The molecule has 0 unspecified atom stereocenters. The van der Waals surface area contributed by atoms with Crippen LogP contribution in [0.15, 0.2) is 17.8 Å². The number of nitrogens with zero attached hydrogens (tertiary/aromatic N) is 3. The van der Waals surface area contributed by atoms with Gasteiger partial charge >= 0.3 is 0 Å². The summed E-state index contributed by atoms with van der Waals surface area (Å²) in [4.78, 5) is 7.76. The lowest BCUT2D eigenvalue weighted by Gasteiger charge is -2.17. The van der Waals surface area contributed by atoms with E-state index >= 15 is 0 Å². The minimum atomic E-state index is 0.570. The topological polar surface area (TPSA) is 32.6 Å². The molecule has 4 nitrogen and oxygen atoms in total. The van der Waals surface area contributed by atoms with Crippen molar-refractivity contribution >= 4 is 16.3 Å². The summed E-state index contributed by atoms with van der Waals surface area (Å²) in [6.45, 7) is 7.60. The van der Waals surface area contributed by atoms with Crippen LogP contribution in [0.1, 0.15) is 19.5 Å². The van der Waals surface area contributed by atoms with Crippen LogP contribution in [0.2, 0.25) is 0 Å². The number of nitrogens with one attached hydrogen (secondary N) is 1. The molecule has 0 spiro atoms. The largest absolute Gasteiger partial charge is 0.313 e. The summed E-state index contributed by atoms with van der Waals surface area (Å²) >= 11 is 1.72. The van der Waals surface area contributed by atoms with Gasteiger partial charge < -0.3 is 10.2 Å². The summed E-state index contributed by atoms with van der Waals surface area (Å²) in [5.74, 6) is 0. The van der Waals surface area contributed by atoms with Gasteiger partial charge in [-0.1, -0.05) is 13.8 Å². The predicted octanol–water partition coefficient (Wildman–Crippen LogP) is 1.87. The van der Waals surface area contributed by atoms with Crippen LogP contribution in [0.5, 0.6) is 0 Å². The van der Waals surface area contributed by atoms with Crippen molar-refractivity contribution in [2.45, 2.75) is 26.3 Å². The molecular weight excluding hydrogens is 244 g/mol. The second kappa shape index (κ2) is 6.31. The first-order valence-electron chi connectivity index (χ1n) is 6.48. The molecule has 0 aromatic carbocycles. The molecular formula is C13H22N4S. The Hall–Kier alpha value is -0.910. The van der Waals surface area contributed by atoms with E-state index in [1.54, 1.807) is 11.3 Å². The first-order valence-corrected chi connectivity index (χ1v) is 7.36. The van der Waals surface area contributed by atoms with Crippen LogP contribution in [-0.2, 0) is 6.42 Å². The van der Waals surface area contributed by atoms with Crippen LogP contribution < -0.4 is 5.32 Å². The Morgan fingerprint density at radius 3 is 3.06 bits per heavy atom. The molecule has 0 aliphatic rings. The highest BCUT2D eigenvalue weighted by molar-refractivity contribution is 7.15. The quantitative estimate of drug-likeness (QED) is 0.830. The Bertz CT molecular complexity index is 474. The van der Waals surface area contributed by atoms with Gasteiger partial charge in [0.05, 0.1) is 0 Å². The third kappa shape index (κ3) is 3.54. The Labute approximate surface area is 113 Å². The Balaban J connectivity index is 1.76. The van der Waals surface area contributed by atoms with Crippen LogP contribution in [0.3, 0.4) is 0 Å². The van der Waals surface area contributed by atoms with E-state index in [1.165, 1.54) is 5.69 Å². The van der Waals surface area contributed by atoms with Crippen LogP contribution >= 0.6 is 11.3 Å². The molecule has 2 heterocycles. The Morgan fingerprint density at radius 2 is 2.28 bits per heavy atom. The lowest BCUT2D eigenvalue weighted by atomic mass is 10.3. The second-order valence-electron chi connectivity index (χ2n) is 4.97. The first kappa shape index (κ1) is 13.5. The third-order valence-corrected chi connectivity index (χ3v) is 3.92. The molecule has 2 aromatic rings. The normalized spacial score (nSPS) is 12.1. The van der Waals surface area contributed by atoms with Gasteiger partial charge in [-0.25, -0.2) is 4.98 Å². The van der Waals surface area contributed by atoms with Gasteiger partial charge in [-0.05, 0) is 7.05 Å². The van der Waals surface area contributed by atoms with Crippen molar-refractivity contribution in [1.82, 2.24) is 19.6 Å². The van der Waals surface area contributed by atoms with E-state index < -0.39 is 0 Å². The molecule has 0 atom stereocenters. The van der Waals surface area contributed by atoms with Crippen molar-refractivity contribution in [2.24, 2.45) is 0 Å². The molecule has 5 heteroatoms. The standard InChI is InChI=1S/C13H22N4S/c1-11(2)14-5-8-16(3)7-4-12-10-18-13-15-6-9-17(12)13/h6,9-11,14H,4-5,7-8H2,1-3H3. The number of thiazole rings is 1. The van der Waals surface area contributed by atoms with Crippen molar-refractivity contribution in [3.05, 3.63) is 23.5 Å². The van der Waals surface area contributed by atoms with Crippen LogP contribution in [0, 0.1) is 0 Å².